The van der Waals surface area contributed by atoms with E-state index in [4.69, 9.17) is 5.73 Å². The summed E-state index contributed by atoms with van der Waals surface area (Å²) in [5.41, 5.74) is 7.18. The van der Waals surface area contributed by atoms with Crippen molar-refractivity contribution in [1.82, 2.24) is 9.88 Å². The third-order valence-electron chi connectivity index (χ3n) is 4.23. The van der Waals surface area contributed by atoms with Crippen molar-refractivity contribution in [3.63, 3.8) is 0 Å². The number of hydrogen-bond donors (Lipinski definition) is 1. The molecule has 2 N–H and O–H groups in total. The van der Waals surface area contributed by atoms with Gasteiger partial charge >= 0.3 is 0 Å². The van der Waals surface area contributed by atoms with E-state index in [1.165, 1.54) is 0 Å². The van der Waals surface area contributed by atoms with E-state index >= 15 is 0 Å². The Kier molecular flexibility index (Phi) is 3.51. The fourth-order valence-electron chi connectivity index (χ4n) is 2.97. The zero-order chi connectivity index (χ0) is 13.2. The highest BCUT2D eigenvalue weighted by molar-refractivity contribution is 5.80. The normalized spacial score (nSPS) is 26.4. The van der Waals surface area contributed by atoms with E-state index in [1.54, 1.807) is 6.20 Å². The molecule has 102 valence electrons. The quantitative estimate of drug-likeness (QED) is 0.895. The van der Waals surface area contributed by atoms with Gasteiger partial charge in [0.1, 0.15) is 0 Å². The van der Waals surface area contributed by atoms with Crippen LogP contribution in [-0.2, 0) is 11.3 Å². The third-order valence-corrected chi connectivity index (χ3v) is 4.23. The molecule has 0 spiro atoms. The van der Waals surface area contributed by atoms with Gasteiger partial charge in [0.2, 0.25) is 5.91 Å². The van der Waals surface area contributed by atoms with E-state index in [0.29, 0.717) is 12.6 Å². The lowest BCUT2D eigenvalue weighted by Crippen LogP contribution is -2.42. The van der Waals surface area contributed by atoms with Gasteiger partial charge in [-0.25, -0.2) is 0 Å². The third kappa shape index (κ3) is 2.78. The summed E-state index contributed by atoms with van der Waals surface area (Å²) in [5.74, 6) is 0.300. The minimum Gasteiger partial charge on any atom is -0.335 e. The summed E-state index contributed by atoms with van der Waals surface area (Å²) < 4.78 is 0. The van der Waals surface area contributed by atoms with Crippen molar-refractivity contribution in [3.05, 3.63) is 30.1 Å². The molecule has 1 aromatic rings. The van der Waals surface area contributed by atoms with Gasteiger partial charge in [-0.2, -0.15) is 0 Å². The number of nitrogens with two attached hydrogens (primary N) is 1. The Hall–Kier alpha value is -1.42. The van der Waals surface area contributed by atoms with Gasteiger partial charge in [0.25, 0.3) is 0 Å². The summed E-state index contributed by atoms with van der Waals surface area (Å²) in [6, 6.07) is 4.44. The minimum atomic E-state index is 0.0391. The van der Waals surface area contributed by atoms with E-state index in [2.05, 4.69) is 4.98 Å². The van der Waals surface area contributed by atoms with Crippen molar-refractivity contribution in [1.29, 1.82) is 0 Å². The predicted octanol–water partition coefficient (Wildman–Crippen LogP) is 1.70. The Bertz CT molecular complexity index is 444. The average molecular weight is 259 g/mol. The lowest BCUT2D eigenvalue weighted by atomic mass is 10.0. The fourth-order valence-corrected chi connectivity index (χ4v) is 2.97. The smallest absolute Gasteiger partial charge is 0.227 e. The van der Waals surface area contributed by atoms with Gasteiger partial charge in [0.05, 0.1) is 5.92 Å². The van der Waals surface area contributed by atoms with Crippen LogP contribution in [0.1, 0.15) is 37.7 Å². The Morgan fingerprint density at radius 3 is 2.79 bits per heavy atom. The number of carbonyl (C=O) groups is 1. The first-order valence-corrected chi connectivity index (χ1v) is 7.20. The Labute approximate surface area is 114 Å². The Balaban J connectivity index is 1.72. The van der Waals surface area contributed by atoms with Gasteiger partial charge in [-0.3, -0.25) is 9.78 Å². The molecular formula is C15H21N3O. The van der Waals surface area contributed by atoms with Crippen molar-refractivity contribution in [3.8, 4) is 0 Å². The maximum absolute atomic E-state index is 12.7. The first kappa shape index (κ1) is 12.6. The zero-order valence-corrected chi connectivity index (χ0v) is 11.2. The van der Waals surface area contributed by atoms with E-state index in [9.17, 15) is 4.79 Å². The molecule has 0 bridgehead atoms. The van der Waals surface area contributed by atoms with Gasteiger partial charge in [-0.05, 0) is 37.3 Å². The number of aromatic nitrogens is 1. The fraction of sp³-hybridized carbons (Fsp3) is 0.600. The molecular weight excluding hydrogens is 238 g/mol. The molecule has 0 radical (unpaired) electrons. The van der Waals surface area contributed by atoms with Gasteiger partial charge in [0, 0.05) is 31.0 Å². The Morgan fingerprint density at radius 1 is 1.37 bits per heavy atom. The number of nitrogens with zero attached hydrogens (tertiary/aromatic N) is 2. The second-order valence-electron chi connectivity index (χ2n) is 5.76. The van der Waals surface area contributed by atoms with E-state index in [1.807, 2.05) is 23.2 Å². The van der Waals surface area contributed by atoms with Crippen molar-refractivity contribution < 1.29 is 4.79 Å². The van der Waals surface area contributed by atoms with Crippen molar-refractivity contribution in [2.45, 2.75) is 50.7 Å². The number of pyridine rings is 1. The molecule has 3 rings (SSSR count). The highest BCUT2D eigenvalue weighted by Crippen LogP contribution is 2.33. The van der Waals surface area contributed by atoms with Gasteiger partial charge in [0.15, 0.2) is 0 Å². The molecule has 4 nitrogen and oxygen atoms in total. The van der Waals surface area contributed by atoms with Crippen molar-refractivity contribution in [2.75, 3.05) is 0 Å². The van der Waals surface area contributed by atoms with Crippen molar-refractivity contribution in [2.24, 2.45) is 11.7 Å². The minimum absolute atomic E-state index is 0.0391. The van der Waals surface area contributed by atoms with Crippen LogP contribution in [-0.4, -0.2) is 27.9 Å². The maximum atomic E-state index is 12.7. The van der Waals surface area contributed by atoms with E-state index < -0.39 is 0 Å². The summed E-state index contributed by atoms with van der Waals surface area (Å²) in [4.78, 5) is 18.8. The second kappa shape index (κ2) is 5.29. The molecule has 2 saturated carbocycles. The number of hydrogen-bond acceptors (Lipinski definition) is 3. The molecule has 2 unspecified atom stereocenters. The molecule has 19 heavy (non-hydrogen) atoms. The SMILES string of the molecule is NC1CCCC1C(=O)N(Cc1cccnc1)C1CC1. The second-order valence-corrected chi connectivity index (χ2v) is 5.76. The molecule has 1 heterocycles. The number of amides is 1. The molecule has 2 aliphatic rings. The molecule has 1 amide bonds. The molecule has 2 atom stereocenters. The monoisotopic (exact) mass is 259 g/mol. The summed E-state index contributed by atoms with van der Waals surface area (Å²) in [7, 11) is 0. The van der Waals surface area contributed by atoms with Crippen LogP contribution in [0.3, 0.4) is 0 Å². The molecule has 0 aromatic carbocycles. The number of carbonyl (C=O) groups excluding carboxylic acids is 1. The summed E-state index contributed by atoms with van der Waals surface area (Å²) in [5, 5.41) is 0. The topological polar surface area (TPSA) is 59.2 Å². The highest BCUT2D eigenvalue weighted by atomic mass is 16.2. The molecule has 2 aliphatic carbocycles. The van der Waals surface area contributed by atoms with Crippen LogP contribution in [0.2, 0.25) is 0 Å². The van der Waals surface area contributed by atoms with Crippen LogP contribution in [0.5, 0.6) is 0 Å². The highest BCUT2D eigenvalue weighted by Gasteiger charge is 2.39. The first-order chi connectivity index (χ1) is 9.25. The summed E-state index contributed by atoms with van der Waals surface area (Å²) in [6.45, 7) is 0.681. The standard InChI is InChI=1S/C15H21N3O/c16-14-5-1-4-13(14)15(19)18(12-6-7-12)10-11-3-2-8-17-9-11/h2-3,8-9,12-14H,1,4-7,10,16H2. The average Bonchev–Trinajstić information content (AvgIpc) is 3.18. The van der Waals surface area contributed by atoms with Crippen LogP contribution in [0.25, 0.3) is 0 Å². The lowest BCUT2D eigenvalue weighted by Gasteiger charge is -2.27. The lowest BCUT2D eigenvalue weighted by molar-refractivity contribution is -0.137. The van der Waals surface area contributed by atoms with Crippen molar-refractivity contribution >= 4 is 5.91 Å². The molecule has 1 aromatic heterocycles. The molecule has 0 saturated heterocycles. The van der Waals surface area contributed by atoms with Crippen LogP contribution in [0, 0.1) is 5.92 Å². The van der Waals surface area contributed by atoms with Crippen LogP contribution in [0.4, 0.5) is 0 Å². The Morgan fingerprint density at radius 2 is 2.21 bits per heavy atom. The van der Waals surface area contributed by atoms with E-state index in [0.717, 1.165) is 37.7 Å². The van der Waals surface area contributed by atoms with Crippen LogP contribution in [0.15, 0.2) is 24.5 Å². The zero-order valence-electron chi connectivity index (χ0n) is 11.2. The molecule has 4 heteroatoms. The first-order valence-electron chi connectivity index (χ1n) is 7.20. The van der Waals surface area contributed by atoms with Gasteiger partial charge in [-0.1, -0.05) is 12.5 Å². The van der Waals surface area contributed by atoms with Crippen LogP contribution >= 0.6 is 0 Å². The summed E-state index contributed by atoms with van der Waals surface area (Å²) >= 11 is 0. The predicted molar refractivity (Wildman–Crippen MR) is 73.1 cm³/mol. The van der Waals surface area contributed by atoms with Crippen LogP contribution < -0.4 is 5.73 Å². The number of rotatable bonds is 4. The molecule has 0 aliphatic heterocycles. The molecule has 2 fully saturated rings. The maximum Gasteiger partial charge on any atom is 0.227 e. The largest absolute Gasteiger partial charge is 0.335 e. The van der Waals surface area contributed by atoms with Gasteiger partial charge < -0.3 is 10.6 Å². The van der Waals surface area contributed by atoms with E-state index in [-0.39, 0.29) is 17.9 Å². The summed E-state index contributed by atoms with van der Waals surface area (Å²) in [6.07, 6.45) is 8.90. The van der Waals surface area contributed by atoms with Gasteiger partial charge in [-0.15, -0.1) is 0 Å².